The summed E-state index contributed by atoms with van der Waals surface area (Å²) in [4.78, 5) is 32.6. The molecule has 1 saturated heterocycles. The first kappa shape index (κ1) is 26.9. The molecule has 1 fully saturated rings. The maximum atomic E-state index is 13.5. The number of amidine groups is 1. The Morgan fingerprint density at radius 2 is 1.50 bits per heavy atom. The zero-order valence-electron chi connectivity index (χ0n) is 21.6. The number of hydrogen-bond donors (Lipinski definition) is 1. The molecule has 1 aliphatic heterocycles. The van der Waals surface area contributed by atoms with Gasteiger partial charge < -0.3 is 24.3 Å². The minimum Gasteiger partial charge on any atom is -0.497 e. The number of nitrogens with one attached hydrogen (secondary N) is 1. The molecule has 0 spiro atoms. The number of amides is 2. The third-order valence-electron chi connectivity index (χ3n) is 5.85. The van der Waals surface area contributed by atoms with Crippen molar-refractivity contribution in [3.05, 3.63) is 72.3 Å². The highest BCUT2D eigenvalue weighted by atomic mass is 32.2. The number of ether oxygens (including phenoxy) is 4. The van der Waals surface area contributed by atoms with Gasteiger partial charge >= 0.3 is 0 Å². The molecule has 0 saturated carbocycles. The molecule has 1 aliphatic rings. The Morgan fingerprint density at radius 3 is 2.11 bits per heavy atom. The lowest BCUT2D eigenvalue weighted by atomic mass is 10.1. The van der Waals surface area contributed by atoms with Gasteiger partial charge in [0.1, 0.15) is 16.7 Å². The topological polar surface area (TPSA) is 98.7 Å². The molecule has 38 heavy (non-hydrogen) atoms. The second kappa shape index (κ2) is 12.4. The minimum atomic E-state index is -0.620. The van der Waals surface area contributed by atoms with Crippen LogP contribution in [0.5, 0.6) is 23.0 Å². The highest BCUT2D eigenvalue weighted by molar-refractivity contribution is 8.15. The summed E-state index contributed by atoms with van der Waals surface area (Å²) in [6.45, 7) is 0.262. The number of rotatable bonds is 10. The molecule has 198 valence electrons. The average Bonchev–Trinajstić information content (AvgIpc) is 3.22. The second-order valence-electron chi connectivity index (χ2n) is 8.29. The lowest BCUT2D eigenvalue weighted by Gasteiger charge is -2.18. The van der Waals surface area contributed by atoms with Gasteiger partial charge in [-0.2, -0.15) is 0 Å². The molecular formula is C28H29N3O6S. The third-order valence-corrected chi connectivity index (χ3v) is 7.03. The molecule has 9 nitrogen and oxygen atoms in total. The van der Waals surface area contributed by atoms with Crippen molar-refractivity contribution >= 4 is 40.1 Å². The molecule has 0 radical (unpaired) electrons. The second-order valence-corrected chi connectivity index (χ2v) is 9.46. The maximum Gasteiger partial charge on any atom is 0.242 e. The van der Waals surface area contributed by atoms with Gasteiger partial charge in [-0.05, 0) is 66.2 Å². The first-order valence-corrected chi connectivity index (χ1v) is 12.7. The van der Waals surface area contributed by atoms with Crippen LogP contribution in [0.1, 0.15) is 12.0 Å². The molecule has 0 aliphatic carbocycles. The van der Waals surface area contributed by atoms with E-state index in [0.717, 1.165) is 5.56 Å². The van der Waals surface area contributed by atoms with Crippen molar-refractivity contribution in [1.29, 1.82) is 0 Å². The van der Waals surface area contributed by atoms with Gasteiger partial charge in [0, 0.05) is 12.1 Å². The number of methoxy groups -OCH3 is 4. The van der Waals surface area contributed by atoms with E-state index < -0.39 is 5.25 Å². The Bertz CT molecular complexity index is 1310. The number of carbonyl (C=O) groups is 2. The molecule has 1 N–H and O–H groups in total. The van der Waals surface area contributed by atoms with Crippen molar-refractivity contribution in [2.45, 2.75) is 18.2 Å². The van der Waals surface area contributed by atoms with Crippen LogP contribution in [-0.2, 0) is 16.1 Å². The normalized spacial score (nSPS) is 15.9. The van der Waals surface area contributed by atoms with Crippen LogP contribution in [0.25, 0.3) is 0 Å². The smallest absolute Gasteiger partial charge is 0.242 e. The van der Waals surface area contributed by atoms with Crippen molar-refractivity contribution in [2.24, 2.45) is 4.99 Å². The molecule has 1 atom stereocenters. The summed E-state index contributed by atoms with van der Waals surface area (Å²) in [6.07, 6.45) is -0.000401. The lowest BCUT2D eigenvalue weighted by Crippen LogP contribution is -2.33. The molecule has 4 rings (SSSR count). The summed E-state index contributed by atoms with van der Waals surface area (Å²) < 4.78 is 21.1. The fraction of sp³-hybridized carbons (Fsp3) is 0.250. The van der Waals surface area contributed by atoms with E-state index in [2.05, 4.69) is 5.32 Å². The summed E-state index contributed by atoms with van der Waals surface area (Å²) in [5, 5.41) is 2.74. The molecule has 0 bridgehead atoms. The third kappa shape index (κ3) is 6.38. The van der Waals surface area contributed by atoms with Crippen molar-refractivity contribution in [3.63, 3.8) is 0 Å². The largest absolute Gasteiger partial charge is 0.497 e. The van der Waals surface area contributed by atoms with Crippen LogP contribution < -0.4 is 24.3 Å². The van der Waals surface area contributed by atoms with Crippen molar-refractivity contribution in [1.82, 2.24) is 4.90 Å². The quantitative estimate of drug-likeness (QED) is 0.395. The number of thioether (sulfide) groups is 1. The zero-order valence-corrected chi connectivity index (χ0v) is 22.4. The standard InChI is InChI=1S/C28H29N3O6S/c1-34-21-10-6-19(7-11-21)29-26(32)16-25-27(33)31(17-18-5-14-23(36-3)24(15-18)37-4)28(38-25)30-20-8-12-22(35-2)13-9-20/h5-15,25H,16-17H2,1-4H3,(H,29,32). The van der Waals surface area contributed by atoms with E-state index >= 15 is 0 Å². The Kier molecular flexibility index (Phi) is 8.75. The van der Waals surface area contributed by atoms with Crippen LogP contribution in [0.15, 0.2) is 71.7 Å². The maximum absolute atomic E-state index is 13.5. The fourth-order valence-electron chi connectivity index (χ4n) is 3.85. The van der Waals surface area contributed by atoms with Gasteiger partial charge in [-0.15, -0.1) is 0 Å². The van der Waals surface area contributed by atoms with Crippen molar-refractivity contribution < 1.29 is 28.5 Å². The summed E-state index contributed by atoms with van der Waals surface area (Å²) in [5.41, 5.74) is 2.13. The minimum absolute atomic E-state index is 0.000401. The van der Waals surface area contributed by atoms with E-state index in [1.54, 1.807) is 75.8 Å². The van der Waals surface area contributed by atoms with Crippen LogP contribution in [0.3, 0.4) is 0 Å². The first-order valence-electron chi connectivity index (χ1n) is 11.8. The Balaban J connectivity index is 1.56. The van der Waals surface area contributed by atoms with Crippen molar-refractivity contribution in [3.8, 4) is 23.0 Å². The van der Waals surface area contributed by atoms with E-state index in [1.165, 1.54) is 11.8 Å². The fourth-order valence-corrected chi connectivity index (χ4v) is 5.01. The van der Waals surface area contributed by atoms with E-state index in [4.69, 9.17) is 23.9 Å². The average molecular weight is 536 g/mol. The van der Waals surface area contributed by atoms with Crippen LogP contribution in [0.4, 0.5) is 11.4 Å². The molecule has 1 unspecified atom stereocenters. The summed E-state index contributed by atoms with van der Waals surface area (Å²) in [6, 6.07) is 19.7. The molecule has 0 aromatic heterocycles. The van der Waals surface area contributed by atoms with Crippen LogP contribution in [0.2, 0.25) is 0 Å². The predicted octanol–water partition coefficient (Wildman–Crippen LogP) is 4.88. The van der Waals surface area contributed by atoms with Gasteiger partial charge in [-0.25, -0.2) is 4.99 Å². The summed E-state index contributed by atoms with van der Waals surface area (Å²) in [5.74, 6) is 2.10. The van der Waals surface area contributed by atoms with E-state index in [-0.39, 0.29) is 24.8 Å². The molecule has 2 amide bonds. The predicted molar refractivity (Wildman–Crippen MR) is 148 cm³/mol. The number of nitrogens with zero attached hydrogens (tertiary/aromatic N) is 2. The zero-order chi connectivity index (χ0) is 27.1. The Hall–Kier alpha value is -4.18. The number of aliphatic imine (C=N–C) groups is 1. The van der Waals surface area contributed by atoms with E-state index in [1.807, 2.05) is 24.3 Å². The number of benzene rings is 3. The van der Waals surface area contributed by atoms with Gasteiger partial charge in [0.15, 0.2) is 16.7 Å². The first-order chi connectivity index (χ1) is 18.4. The Morgan fingerprint density at radius 1 is 0.868 bits per heavy atom. The lowest BCUT2D eigenvalue weighted by molar-refractivity contribution is -0.128. The summed E-state index contributed by atoms with van der Waals surface area (Å²) in [7, 11) is 6.31. The summed E-state index contributed by atoms with van der Waals surface area (Å²) >= 11 is 1.27. The molecular weight excluding hydrogens is 506 g/mol. The van der Waals surface area contributed by atoms with Gasteiger partial charge in [0.25, 0.3) is 0 Å². The number of hydrogen-bond acceptors (Lipinski definition) is 8. The molecule has 3 aromatic carbocycles. The highest BCUT2D eigenvalue weighted by Crippen LogP contribution is 2.35. The van der Waals surface area contributed by atoms with E-state index in [9.17, 15) is 9.59 Å². The van der Waals surface area contributed by atoms with Gasteiger partial charge in [-0.1, -0.05) is 17.8 Å². The van der Waals surface area contributed by atoms with Crippen LogP contribution >= 0.6 is 11.8 Å². The molecule has 10 heteroatoms. The van der Waals surface area contributed by atoms with E-state index in [0.29, 0.717) is 39.5 Å². The number of carbonyl (C=O) groups excluding carboxylic acids is 2. The van der Waals surface area contributed by atoms with Gasteiger partial charge in [0.2, 0.25) is 11.8 Å². The number of anilines is 1. The van der Waals surface area contributed by atoms with Crippen molar-refractivity contribution in [2.75, 3.05) is 33.8 Å². The van der Waals surface area contributed by atoms with Crippen LogP contribution in [-0.4, -0.2) is 55.6 Å². The molecule has 1 heterocycles. The monoisotopic (exact) mass is 535 g/mol. The van der Waals surface area contributed by atoms with Gasteiger partial charge in [0.05, 0.1) is 40.7 Å². The highest BCUT2D eigenvalue weighted by Gasteiger charge is 2.39. The van der Waals surface area contributed by atoms with Gasteiger partial charge in [-0.3, -0.25) is 14.5 Å². The van der Waals surface area contributed by atoms with Crippen LogP contribution in [0, 0.1) is 0 Å². The Labute approximate surface area is 225 Å². The SMILES string of the molecule is COc1ccc(N=C2SC(CC(=O)Nc3ccc(OC)cc3)C(=O)N2Cc2ccc(OC)c(OC)c2)cc1. The molecule has 3 aromatic rings.